The molecular formula is C26H27ClF4N2O4S. The van der Waals surface area contributed by atoms with Crippen molar-refractivity contribution in [1.29, 1.82) is 0 Å². The van der Waals surface area contributed by atoms with Crippen molar-refractivity contribution in [1.82, 2.24) is 10.2 Å². The van der Waals surface area contributed by atoms with Crippen molar-refractivity contribution < 1.29 is 35.6 Å². The molecule has 1 N–H and O–H groups in total. The van der Waals surface area contributed by atoms with Gasteiger partial charge >= 0.3 is 6.18 Å². The molecule has 1 heterocycles. The largest absolute Gasteiger partial charge is 0.416 e. The Kier molecular flexibility index (Phi) is 8.93. The molecule has 2 aromatic rings. The lowest BCUT2D eigenvalue weighted by Crippen LogP contribution is -2.47. The topological polar surface area (TPSA) is 83.6 Å². The number of sulfone groups is 1. The molecular weight excluding hydrogens is 548 g/mol. The Labute approximate surface area is 223 Å². The number of nitrogens with one attached hydrogen (secondary N) is 1. The summed E-state index contributed by atoms with van der Waals surface area (Å²) < 4.78 is 78.5. The fourth-order valence-electron chi connectivity index (χ4n) is 4.15. The maximum atomic E-state index is 15.6. The molecule has 1 fully saturated rings. The smallest absolute Gasteiger partial charge is 0.347 e. The van der Waals surface area contributed by atoms with Crippen molar-refractivity contribution in [3.05, 3.63) is 70.1 Å². The van der Waals surface area contributed by atoms with Gasteiger partial charge in [0.05, 0.1) is 5.56 Å². The molecule has 1 aliphatic rings. The van der Waals surface area contributed by atoms with Crippen LogP contribution in [0.2, 0.25) is 5.02 Å². The van der Waals surface area contributed by atoms with Crippen LogP contribution in [0, 0.1) is 0 Å². The Morgan fingerprint density at radius 1 is 1.11 bits per heavy atom. The summed E-state index contributed by atoms with van der Waals surface area (Å²) >= 11 is 6.24. The van der Waals surface area contributed by atoms with E-state index in [1.807, 2.05) is 0 Å². The number of benzene rings is 2. The summed E-state index contributed by atoms with van der Waals surface area (Å²) in [5.41, 5.74) is -3.04. The first-order chi connectivity index (χ1) is 17.6. The van der Waals surface area contributed by atoms with Crippen molar-refractivity contribution in [2.24, 2.45) is 0 Å². The molecule has 0 unspecified atom stereocenters. The molecule has 12 heteroatoms. The SMILES string of the molecule is C[C@H](/C=C\S(C)(=O)=O)NC(=O)[C@@]1(F)CCCN(C(=O)c2ccc(C(F)(F)F)cc2-c2ccccc2Cl)CC1. The fraction of sp³-hybridized carbons (Fsp3) is 0.385. The Morgan fingerprint density at radius 2 is 1.79 bits per heavy atom. The number of hydrogen-bond acceptors (Lipinski definition) is 4. The lowest BCUT2D eigenvalue weighted by molar-refractivity contribution is -0.137. The van der Waals surface area contributed by atoms with E-state index in [9.17, 15) is 31.2 Å². The minimum Gasteiger partial charge on any atom is -0.347 e. The van der Waals surface area contributed by atoms with Gasteiger partial charge in [0.25, 0.3) is 11.8 Å². The number of hydrogen-bond donors (Lipinski definition) is 1. The Hall–Kier alpha value is -2.92. The first-order valence-corrected chi connectivity index (χ1v) is 14.1. The van der Waals surface area contributed by atoms with Crippen LogP contribution >= 0.6 is 11.6 Å². The summed E-state index contributed by atoms with van der Waals surface area (Å²) in [6.45, 7) is 1.43. The van der Waals surface area contributed by atoms with Crippen LogP contribution in [0.5, 0.6) is 0 Å². The number of alkyl halides is 4. The van der Waals surface area contributed by atoms with Crippen molar-refractivity contribution in [3.63, 3.8) is 0 Å². The van der Waals surface area contributed by atoms with Crippen molar-refractivity contribution in [3.8, 4) is 11.1 Å². The summed E-state index contributed by atoms with van der Waals surface area (Å²) in [4.78, 5) is 27.4. The zero-order chi connectivity index (χ0) is 28.3. The molecule has 2 atom stereocenters. The molecule has 0 bridgehead atoms. The predicted molar refractivity (Wildman–Crippen MR) is 137 cm³/mol. The molecule has 3 rings (SSSR count). The van der Waals surface area contributed by atoms with Gasteiger partial charge < -0.3 is 10.2 Å². The number of halogens is 5. The molecule has 6 nitrogen and oxygen atoms in total. The molecule has 206 valence electrons. The van der Waals surface area contributed by atoms with E-state index in [0.717, 1.165) is 29.9 Å². The van der Waals surface area contributed by atoms with Crippen LogP contribution in [0.4, 0.5) is 17.6 Å². The molecule has 2 aromatic carbocycles. The van der Waals surface area contributed by atoms with Crippen LogP contribution < -0.4 is 5.32 Å². The third-order valence-corrected chi connectivity index (χ3v) is 7.17. The predicted octanol–water partition coefficient (Wildman–Crippen LogP) is 5.42. The third-order valence-electron chi connectivity index (χ3n) is 6.19. The van der Waals surface area contributed by atoms with Gasteiger partial charge in [0.15, 0.2) is 15.5 Å². The number of carbonyl (C=O) groups is 2. The van der Waals surface area contributed by atoms with Gasteiger partial charge in [-0.2, -0.15) is 13.2 Å². The van der Waals surface area contributed by atoms with Crippen molar-refractivity contribution >= 4 is 33.3 Å². The molecule has 0 aliphatic carbocycles. The van der Waals surface area contributed by atoms with Crippen LogP contribution in [0.25, 0.3) is 11.1 Å². The van der Waals surface area contributed by atoms with Gasteiger partial charge in [-0.15, -0.1) is 0 Å². The standard InChI is InChI=1S/C26H27ClF4N2O4S/c1-17(10-15-38(2,36)37)32-24(35)25(28)11-5-13-33(14-12-25)23(34)20-9-8-18(26(29,30)31)16-21(20)19-6-3-4-7-22(19)27/h3-4,6-10,15-17H,5,11-14H2,1-2H3,(H,32,35)/b15-10-/t17-,25-/m1/s1. The van der Waals surface area contributed by atoms with E-state index in [2.05, 4.69) is 5.32 Å². The number of carbonyl (C=O) groups excluding carboxylic acids is 2. The van der Waals surface area contributed by atoms with Gasteiger partial charge in [0.1, 0.15) is 0 Å². The van der Waals surface area contributed by atoms with Crippen LogP contribution in [-0.2, 0) is 20.8 Å². The van der Waals surface area contributed by atoms with Crippen LogP contribution in [0.1, 0.15) is 42.1 Å². The van der Waals surface area contributed by atoms with E-state index in [1.165, 1.54) is 30.0 Å². The highest BCUT2D eigenvalue weighted by Crippen LogP contribution is 2.37. The maximum Gasteiger partial charge on any atom is 0.416 e. The van der Waals surface area contributed by atoms with Gasteiger partial charge in [0.2, 0.25) is 0 Å². The second kappa shape index (κ2) is 11.4. The zero-order valence-corrected chi connectivity index (χ0v) is 22.3. The summed E-state index contributed by atoms with van der Waals surface area (Å²) in [6, 6.07) is 8.21. The van der Waals surface area contributed by atoms with Crippen molar-refractivity contribution in [2.45, 2.75) is 44.1 Å². The maximum absolute atomic E-state index is 15.6. The third kappa shape index (κ3) is 7.35. The van der Waals surface area contributed by atoms with Crippen molar-refractivity contribution in [2.75, 3.05) is 19.3 Å². The van der Waals surface area contributed by atoms with Gasteiger partial charge in [0, 0.05) is 53.4 Å². The van der Waals surface area contributed by atoms with E-state index in [4.69, 9.17) is 11.6 Å². The highest BCUT2D eigenvalue weighted by atomic mass is 35.5. The van der Waals surface area contributed by atoms with Gasteiger partial charge in [-0.05, 0) is 49.6 Å². The lowest BCUT2D eigenvalue weighted by atomic mass is 9.95. The molecule has 1 aliphatic heterocycles. The Bertz CT molecular complexity index is 1350. The van der Waals surface area contributed by atoms with Gasteiger partial charge in [-0.3, -0.25) is 9.59 Å². The highest BCUT2D eigenvalue weighted by Gasteiger charge is 2.41. The summed E-state index contributed by atoms with van der Waals surface area (Å²) in [5.74, 6) is -1.54. The average Bonchev–Trinajstić information content (AvgIpc) is 3.04. The van der Waals surface area contributed by atoms with Crippen LogP contribution in [-0.4, -0.2) is 56.2 Å². The molecule has 0 radical (unpaired) electrons. The number of likely N-dealkylation sites (tertiary alicyclic amines) is 1. The molecule has 0 spiro atoms. The van der Waals surface area contributed by atoms with Crippen LogP contribution in [0.15, 0.2) is 53.9 Å². The lowest BCUT2D eigenvalue weighted by Gasteiger charge is -2.25. The van der Waals surface area contributed by atoms with Gasteiger partial charge in [-0.1, -0.05) is 35.9 Å². The average molecular weight is 575 g/mol. The summed E-state index contributed by atoms with van der Waals surface area (Å²) in [5, 5.41) is 3.51. The molecule has 1 saturated heterocycles. The highest BCUT2D eigenvalue weighted by molar-refractivity contribution is 7.93. The number of amides is 2. The van der Waals surface area contributed by atoms with E-state index < -0.39 is 45.1 Å². The second-order valence-electron chi connectivity index (χ2n) is 9.27. The molecule has 38 heavy (non-hydrogen) atoms. The Balaban J connectivity index is 1.84. The number of rotatable bonds is 6. The van der Waals surface area contributed by atoms with Crippen LogP contribution in [0.3, 0.4) is 0 Å². The van der Waals surface area contributed by atoms with E-state index in [0.29, 0.717) is 0 Å². The summed E-state index contributed by atoms with van der Waals surface area (Å²) in [7, 11) is -3.42. The number of nitrogens with zero attached hydrogens (tertiary/aromatic N) is 1. The zero-order valence-electron chi connectivity index (χ0n) is 20.7. The first kappa shape index (κ1) is 29.6. The molecule has 2 amide bonds. The minimum absolute atomic E-state index is 0.00425. The van der Waals surface area contributed by atoms with E-state index in [1.54, 1.807) is 12.1 Å². The minimum atomic E-state index is -4.64. The Morgan fingerprint density at radius 3 is 2.42 bits per heavy atom. The van der Waals surface area contributed by atoms with E-state index >= 15 is 4.39 Å². The fourth-order valence-corrected chi connectivity index (χ4v) is 4.91. The van der Waals surface area contributed by atoms with Gasteiger partial charge in [-0.25, -0.2) is 12.8 Å². The molecule has 0 saturated carbocycles. The monoisotopic (exact) mass is 574 g/mol. The molecule has 0 aromatic heterocycles. The quantitative estimate of drug-likeness (QED) is 0.467. The summed E-state index contributed by atoms with van der Waals surface area (Å²) in [6.07, 6.45) is -2.83. The first-order valence-electron chi connectivity index (χ1n) is 11.7. The van der Waals surface area contributed by atoms with E-state index in [-0.39, 0.29) is 54.1 Å². The second-order valence-corrected chi connectivity index (χ2v) is 11.6. The normalized spacial score (nSPS) is 19.7.